The van der Waals surface area contributed by atoms with E-state index in [1.165, 1.54) is 30.5 Å². The number of benzene rings is 2. The van der Waals surface area contributed by atoms with Crippen molar-refractivity contribution < 1.29 is 9.53 Å². The van der Waals surface area contributed by atoms with Gasteiger partial charge < -0.3 is 14.5 Å². The first-order valence-corrected chi connectivity index (χ1v) is 10.9. The largest absolute Gasteiger partial charge is 0.478 e. The lowest BCUT2D eigenvalue weighted by atomic mass is 10.0. The average molecular weight is 395 g/mol. The zero-order valence-electron chi connectivity index (χ0n) is 18.3. The molecule has 0 saturated carbocycles. The first kappa shape index (κ1) is 21.2. The number of rotatable bonds is 7. The van der Waals surface area contributed by atoms with Gasteiger partial charge in [-0.1, -0.05) is 24.3 Å². The average Bonchev–Trinajstić information content (AvgIpc) is 2.75. The maximum Gasteiger partial charge on any atom is 0.266 e. The lowest BCUT2D eigenvalue weighted by Gasteiger charge is -2.31. The Bertz CT molecular complexity index is 787. The van der Waals surface area contributed by atoms with E-state index in [0.29, 0.717) is 18.8 Å². The molecule has 1 fully saturated rings. The molecule has 0 bridgehead atoms. The van der Waals surface area contributed by atoms with Crippen molar-refractivity contribution >= 4 is 11.6 Å². The summed E-state index contributed by atoms with van der Waals surface area (Å²) >= 11 is 0. The van der Waals surface area contributed by atoms with Gasteiger partial charge in [0, 0.05) is 31.9 Å². The zero-order chi connectivity index (χ0) is 20.9. The molecule has 0 radical (unpaired) electrons. The van der Waals surface area contributed by atoms with E-state index in [9.17, 15) is 4.79 Å². The summed E-state index contributed by atoms with van der Waals surface area (Å²) in [4.78, 5) is 17.0. The lowest BCUT2D eigenvalue weighted by molar-refractivity contribution is -0.145. The second-order valence-corrected chi connectivity index (χ2v) is 8.21. The summed E-state index contributed by atoms with van der Waals surface area (Å²) in [5.41, 5.74) is 2.76. The molecule has 1 aliphatic rings. The first-order chi connectivity index (χ1) is 13.9. The normalized spacial score (nSPS) is 14.6. The summed E-state index contributed by atoms with van der Waals surface area (Å²) in [6, 6.07) is 16.8. The fourth-order valence-corrected chi connectivity index (χ4v) is 3.96. The third-order valence-electron chi connectivity index (χ3n) is 5.71. The molecule has 2 aromatic rings. The number of anilines is 1. The van der Waals surface area contributed by atoms with Gasteiger partial charge in [0.05, 0.1) is 0 Å². The molecular formula is C25H34N2O2. The summed E-state index contributed by atoms with van der Waals surface area (Å²) in [5.74, 6) is 0.726. The van der Waals surface area contributed by atoms with Crippen molar-refractivity contribution in [2.45, 2.75) is 52.6 Å². The number of amides is 1. The number of carbonyl (C=O) groups is 1. The van der Waals surface area contributed by atoms with Gasteiger partial charge in [0.2, 0.25) is 0 Å². The minimum Gasteiger partial charge on any atom is -0.478 e. The molecule has 0 unspecified atom stereocenters. The molecule has 1 aliphatic heterocycles. The van der Waals surface area contributed by atoms with Crippen LogP contribution in [0.3, 0.4) is 0 Å². The molecule has 0 atom stereocenters. The van der Waals surface area contributed by atoms with Crippen LogP contribution in [0.4, 0.5) is 5.69 Å². The van der Waals surface area contributed by atoms with Crippen LogP contribution in [0.25, 0.3) is 11.1 Å². The number of piperidine rings is 1. The van der Waals surface area contributed by atoms with Crippen LogP contribution in [0.5, 0.6) is 5.75 Å². The summed E-state index contributed by atoms with van der Waals surface area (Å²) in [6.45, 7) is 11.3. The highest BCUT2D eigenvalue weighted by Crippen LogP contribution is 2.28. The number of hydrogen-bond donors (Lipinski definition) is 0. The molecule has 0 aromatic heterocycles. The monoisotopic (exact) mass is 394 g/mol. The molecule has 1 saturated heterocycles. The number of carbonyl (C=O) groups excluding carboxylic acids is 1. The highest BCUT2D eigenvalue weighted by atomic mass is 16.5. The van der Waals surface area contributed by atoms with Gasteiger partial charge in [-0.25, -0.2) is 0 Å². The van der Waals surface area contributed by atoms with Crippen LogP contribution in [-0.4, -0.2) is 42.6 Å². The van der Waals surface area contributed by atoms with E-state index in [0.717, 1.165) is 18.7 Å². The van der Waals surface area contributed by atoms with Gasteiger partial charge in [-0.3, -0.25) is 4.79 Å². The Balaban J connectivity index is 1.67. The van der Waals surface area contributed by atoms with Crippen molar-refractivity contribution in [3.8, 4) is 16.9 Å². The Morgan fingerprint density at radius 2 is 1.41 bits per heavy atom. The van der Waals surface area contributed by atoms with Gasteiger partial charge in [-0.15, -0.1) is 0 Å². The third-order valence-corrected chi connectivity index (χ3v) is 5.71. The van der Waals surface area contributed by atoms with Crippen molar-refractivity contribution in [1.29, 1.82) is 0 Å². The summed E-state index contributed by atoms with van der Waals surface area (Å²) in [7, 11) is 0. The summed E-state index contributed by atoms with van der Waals surface area (Å²) in [6.07, 6.45) is 3.92. The van der Waals surface area contributed by atoms with Crippen LogP contribution in [-0.2, 0) is 4.79 Å². The van der Waals surface area contributed by atoms with Crippen molar-refractivity contribution in [3.63, 3.8) is 0 Å². The van der Waals surface area contributed by atoms with Gasteiger partial charge in [-0.05, 0) is 82.3 Å². The third kappa shape index (κ3) is 5.11. The number of hydrogen-bond acceptors (Lipinski definition) is 3. The van der Waals surface area contributed by atoms with Gasteiger partial charge in [0.25, 0.3) is 5.91 Å². The van der Waals surface area contributed by atoms with Gasteiger partial charge in [0.1, 0.15) is 5.75 Å². The Morgan fingerprint density at radius 3 is 1.93 bits per heavy atom. The van der Waals surface area contributed by atoms with Crippen LogP contribution >= 0.6 is 0 Å². The van der Waals surface area contributed by atoms with Crippen molar-refractivity contribution in [3.05, 3.63) is 48.5 Å². The Kier molecular flexibility index (Phi) is 6.83. The van der Waals surface area contributed by atoms with Crippen molar-refractivity contribution in [1.82, 2.24) is 4.90 Å². The van der Waals surface area contributed by atoms with Gasteiger partial charge in [-0.2, -0.15) is 0 Å². The summed E-state index contributed by atoms with van der Waals surface area (Å²) in [5, 5.41) is 0. The van der Waals surface area contributed by atoms with Crippen molar-refractivity contribution in [2.24, 2.45) is 0 Å². The number of ether oxygens (including phenoxy) is 1. The zero-order valence-corrected chi connectivity index (χ0v) is 18.3. The first-order valence-electron chi connectivity index (χ1n) is 10.9. The predicted octanol–water partition coefficient (Wildman–Crippen LogP) is 5.37. The maximum atomic E-state index is 12.7. The standard InChI is InChI=1S/C25H34N2O2/c1-5-26(6-2)24(28)25(3,4)29-23-16-12-21(13-17-23)20-10-14-22(15-11-20)27-18-8-7-9-19-27/h10-17H,5-9,18-19H2,1-4H3. The molecule has 1 amide bonds. The van der Waals surface area contributed by atoms with Crippen LogP contribution in [0, 0.1) is 0 Å². The van der Waals surface area contributed by atoms with Crippen LogP contribution < -0.4 is 9.64 Å². The molecule has 0 N–H and O–H groups in total. The van der Waals surface area contributed by atoms with Crippen LogP contribution in [0.1, 0.15) is 47.0 Å². The Hall–Kier alpha value is -2.49. The smallest absolute Gasteiger partial charge is 0.266 e. The van der Waals surface area contributed by atoms with Crippen molar-refractivity contribution in [2.75, 3.05) is 31.1 Å². The molecule has 3 rings (SSSR count). The number of nitrogens with zero attached hydrogens (tertiary/aromatic N) is 2. The van der Waals surface area contributed by atoms with E-state index in [-0.39, 0.29) is 5.91 Å². The van der Waals surface area contributed by atoms with E-state index in [2.05, 4.69) is 41.3 Å². The predicted molar refractivity (Wildman–Crippen MR) is 121 cm³/mol. The van der Waals surface area contributed by atoms with Gasteiger partial charge in [0.15, 0.2) is 5.60 Å². The lowest BCUT2D eigenvalue weighted by Crippen LogP contribution is -2.48. The van der Waals surface area contributed by atoms with E-state index in [4.69, 9.17) is 4.74 Å². The molecule has 156 valence electrons. The molecule has 0 aliphatic carbocycles. The highest BCUT2D eigenvalue weighted by molar-refractivity contribution is 5.84. The second-order valence-electron chi connectivity index (χ2n) is 8.21. The fraction of sp³-hybridized carbons (Fsp3) is 0.480. The molecular weight excluding hydrogens is 360 g/mol. The van der Waals surface area contributed by atoms with E-state index in [1.54, 1.807) is 4.90 Å². The SMILES string of the molecule is CCN(CC)C(=O)C(C)(C)Oc1ccc(-c2ccc(N3CCCCC3)cc2)cc1. The molecule has 29 heavy (non-hydrogen) atoms. The summed E-state index contributed by atoms with van der Waals surface area (Å²) < 4.78 is 6.04. The molecule has 0 spiro atoms. The maximum absolute atomic E-state index is 12.7. The molecule has 2 aromatic carbocycles. The van der Waals surface area contributed by atoms with Gasteiger partial charge >= 0.3 is 0 Å². The number of likely N-dealkylation sites (N-methyl/N-ethyl adjacent to an activating group) is 1. The topological polar surface area (TPSA) is 32.8 Å². The van der Waals surface area contributed by atoms with E-state index in [1.807, 2.05) is 39.8 Å². The molecule has 4 nitrogen and oxygen atoms in total. The Labute approximate surface area is 175 Å². The second kappa shape index (κ2) is 9.34. The fourth-order valence-electron chi connectivity index (χ4n) is 3.96. The Morgan fingerprint density at radius 1 is 0.897 bits per heavy atom. The quantitative estimate of drug-likeness (QED) is 0.633. The highest BCUT2D eigenvalue weighted by Gasteiger charge is 2.33. The van der Waals surface area contributed by atoms with E-state index >= 15 is 0 Å². The minimum atomic E-state index is -0.885. The molecule has 1 heterocycles. The molecule has 4 heteroatoms. The van der Waals surface area contributed by atoms with Crippen LogP contribution in [0.15, 0.2) is 48.5 Å². The minimum absolute atomic E-state index is 0.0138. The van der Waals surface area contributed by atoms with Crippen LogP contribution in [0.2, 0.25) is 0 Å². The van der Waals surface area contributed by atoms with E-state index < -0.39 is 5.60 Å².